The number of unbranched alkanes of at least 4 members (excludes halogenated alkanes) is 3. The van der Waals surface area contributed by atoms with Gasteiger partial charge in [-0.3, -0.25) is 0 Å². The minimum absolute atomic E-state index is 0.105. The van der Waals surface area contributed by atoms with Crippen molar-refractivity contribution in [2.75, 3.05) is 0 Å². The highest BCUT2D eigenvalue weighted by atomic mass is 32.1. The fourth-order valence-electron chi connectivity index (χ4n) is 5.49. The van der Waals surface area contributed by atoms with Gasteiger partial charge in [0.2, 0.25) is 0 Å². The Morgan fingerprint density at radius 1 is 0.588 bits per heavy atom. The van der Waals surface area contributed by atoms with Gasteiger partial charge in [0, 0.05) is 25.0 Å². The van der Waals surface area contributed by atoms with E-state index in [1.54, 1.807) is 0 Å². The lowest BCUT2D eigenvalue weighted by atomic mass is 9.67. The largest absolute Gasteiger partial charge is 0.142 e. The van der Waals surface area contributed by atoms with Gasteiger partial charge in [-0.25, -0.2) is 0 Å². The molecule has 0 saturated heterocycles. The third kappa shape index (κ3) is 6.39. The van der Waals surface area contributed by atoms with Gasteiger partial charge in [-0.1, -0.05) is 67.2 Å². The van der Waals surface area contributed by atoms with Gasteiger partial charge in [-0.05, 0) is 90.5 Å². The van der Waals surface area contributed by atoms with E-state index in [0.29, 0.717) is 0 Å². The molecule has 4 heteroatoms. The first-order valence-electron chi connectivity index (χ1n) is 13.4. The smallest absolute Gasteiger partial charge is 0.0209 e. The molecule has 0 aliphatic heterocycles. The molecule has 0 spiro atoms. The van der Waals surface area contributed by atoms with E-state index < -0.39 is 0 Å². The number of rotatable bonds is 13. The number of hydrogen-bond donors (Lipinski definition) is 4. The Morgan fingerprint density at radius 3 is 1.29 bits per heavy atom. The van der Waals surface area contributed by atoms with Gasteiger partial charge in [0.25, 0.3) is 0 Å². The van der Waals surface area contributed by atoms with Crippen molar-refractivity contribution in [1.29, 1.82) is 0 Å². The Balaban J connectivity index is 2.92. The van der Waals surface area contributed by atoms with Crippen molar-refractivity contribution in [3.8, 4) is 0 Å². The van der Waals surface area contributed by atoms with Crippen LogP contribution in [0.2, 0.25) is 0 Å². The second-order valence-electron chi connectivity index (χ2n) is 9.85. The molecule has 0 radical (unpaired) electrons. The zero-order valence-electron chi connectivity index (χ0n) is 22.2. The molecule has 0 nitrogen and oxygen atoms in total. The van der Waals surface area contributed by atoms with E-state index in [0.717, 1.165) is 51.7 Å². The molecule has 0 saturated carbocycles. The second-order valence-corrected chi connectivity index (χ2v) is 11.7. The molecule has 34 heavy (non-hydrogen) atoms. The van der Waals surface area contributed by atoms with Crippen molar-refractivity contribution in [3.63, 3.8) is 0 Å². The Hall–Kier alpha value is -0.160. The first-order chi connectivity index (χ1) is 16.2. The average molecular weight is 535 g/mol. The first kappa shape index (κ1) is 30.1. The topological polar surface area (TPSA) is 0 Å². The van der Waals surface area contributed by atoms with Crippen molar-refractivity contribution in [2.45, 2.75) is 137 Å². The molecule has 0 unspecified atom stereocenters. The highest BCUT2D eigenvalue weighted by molar-refractivity contribution is 7.84. The van der Waals surface area contributed by atoms with Crippen LogP contribution in [0.4, 0.5) is 0 Å². The number of hydrogen-bond acceptors (Lipinski definition) is 4. The molecule has 0 aromatic heterocycles. The predicted molar refractivity (Wildman–Crippen MR) is 164 cm³/mol. The van der Waals surface area contributed by atoms with Gasteiger partial charge in [-0.15, -0.1) is 50.5 Å². The third-order valence-corrected chi connectivity index (χ3v) is 9.56. The molecule has 0 bridgehead atoms. The van der Waals surface area contributed by atoms with Crippen molar-refractivity contribution in [3.05, 3.63) is 45.5 Å². The van der Waals surface area contributed by atoms with E-state index in [1.807, 2.05) is 0 Å². The molecule has 0 amide bonds. The summed E-state index contributed by atoms with van der Waals surface area (Å²) >= 11 is 19.7. The maximum Gasteiger partial charge on any atom is 0.0209 e. The zero-order chi connectivity index (χ0) is 25.5. The van der Waals surface area contributed by atoms with Gasteiger partial charge in [0.15, 0.2) is 0 Å². The van der Waals surface area contributed by atoms with E-state index in [-0.39, 0.29) is 5.41 Å². The number of benzene rings is 2. The quantitative estimate of drug-likeness (QED) is 0.181. The summed E-state index contributed by atoms with van der Waals surface area (Å²) in [6.45, 7) is 13.9. The summed E-state index contributed by atoms with van der Waals surface area (Å²) in [5.74, 6) is 0. The van der Waals surface area contributed by atoms with Gasteiger partial charge >= 0.3 is 0 Å². The van der Waals surface area contributed by atoms with Crippen LogP contribution in [-0.4, -0.2) is 0 Å². The van der Waals surface area contributed by atoms with E-state index in [1.165, 1.54) is 71.9 Å². The zero-order valence-corrected chi connectivity index (χ0v) is 25.8. The molecular formula is C30H46S4. The fourth-order valence-corrected chi connectivity index (χ4v) is 6.64. The van der Waals surface area contributed by atoms with Gasteiger partial charge in [-0.2, -0.15) is 0 Å². The lowest BCUT2D eigenvalue weighted by Crippen LogP contribution is -2.28. The predicted octanol–water partition coefficient (Wildman–Crippen LogP) is 10.1. The van der Waals surface area contributed by atoms with Crippen molar-refractivity contribution in [1.82, 2.24) is 0 Å². The Kier molecular flexibility index (Phi) is 12.3. The molecule has 2 aromatic carbocycles. The van der Waals surface area contributed by atoms with E-state index in [4.69, 9.17) is 50.5 Å². The summed E-state index contributed by atoms with van der Waals surface area (Å²) in [6.07, 6.45) is 12.4. The normalized spacial score (nSPS) is 11.9. The Bertz CT molecular complexity index is 890. The summed E-state index contributed by atoms with van der Waals surface area (Å²) in [5, 5.41) is 0. The molecule has 0 fully saturated rings. The van der Waals surface area contributed by atoms with Gasteiger partial charge < -0.3 is 0 Å². The summed E-state index contributed by atoms with van der Waals surface area (Å²) < 4.78 is 0. The summed E-state index contributed by atoms with van der Waals surface area (Å²) in [6, 6.07) is 4.65. The highest BCUT2D eigenvalue weighted by Crippen LogP contribution is 2.46. The molecule has 2 aromatic rings. The lowest BCUT2D eigenvalue weighted by molar-refractivity contribution is 0.480. The van der Waals surface area contributed by atoms with Gasteiger partial charge in [0.05, 0.1) is 0 Å². The average Bonchev–Trinajstić information content (AvgIpc) is 2.83. The molecule has 190 valence electrons. The monoisotopic (exact) mass is 534 g/mol. The molecule has 2 rings (SSSR count). The highest BCUT2D eigenvalue weighted by Gasteiger charge is 2.35. The summed E-state index contributed by atoms with van der Waals surface area (Å²) in [5.41, 5.74) is 8.52. The minimum atomic E-state index is -0.105. The van der Waals surface area contributed by atoms with Crippen LogP contribution in [0, 0.1) is 0 Å². The van der Waals surface area contributed by atoms with Crippen LogP contribution < -0.4 is 0 Å². The second kappa shape index (κ2) is 14.0. The SMILES string of the molecule is CCCCc1c(S)c(S)cc(C(C)(CCCC)c2cc(S)c(S)c(CCCC)c2CC)c1CC. The molecule has 0 aliphatic rings. The van der Waals surface area contributed by atoms with Crippen molar-refractivity contribution < 1.29 is 0 Å². The van der Waals surface area contributed by atoms with Crippen LogP contribution in [0.25, 0.3) is 0 Å². The van der Waals surface area contributed by atoms with E-state index in [2.05, 4.69) is 53.7 Å². The summed E-state index contributed by atoms with van der Waals surface area (Å²) in [4.78, 5) is 4.14. The molecule has 0 atom stereocenters. The Morgan fingerprint density at radius 2 is 0.971 bits per heavy atom. The van der Waals surface area contributed by atoms with Gasteiger partial charge in [0.1, 0.15) is 0 Å². The lowest BCUT2D eigenvalue weighted by Gasteiger charge is -2.37. The number of thiol groups is 4. The maximum absolute atomic E-state index is 4.93. The Labute approximate surface area is 232 Å². The standard InChI is InChI=1S/C30H46S4/c1-7-12-15-22-20(10-4)24(18-26(31)28(22)33)30(6,17-14-9-3)25-19-27(32)29(34)23(16-13-8-2)21(25)11-5/h18-19,31-34H,7-17H2,1-6H3. The van der Waals surface area contributed by atoms with Crippen LogP contribution in [0.5, 0.6) is 0 Å². The molecule has 0 aliphatic carbocycles. The first-order valence-corrected chi connectivity index (χ1v) is 15.1. The van der Waals surface area contributed by atoms with Crippen molar-refractivity contribution in [2.24, 2.45) is 0 Å². The molecular weight excluding hydrogens is 489 g/mol. The van der Waals surface area contributed by atoms with E-state index >= 15 is 0 Å². The van der Waals surface area contributed by atoms with Crippen LogP contribution in [0.3, 0.4) is 0 Å². The molecule has 0 N–H and O–H groups in total. The van der Waals surface area contributed by atoms with Crippen LogP contribution in [-0.2, 0) is 31.1 Å². The molecule has 0 heterocycles. The van der Waals surface area contributed by atoms with Crippen LogP contribution in [0.1, 0.15) is 120 Å². The fraction of sp³-hybridized carbons (Fsp3) is 0.600. The van der Waals surface area contributed by atoms with Crippen molar-refractivity contribution >= 4 is 50.5 Å². The van der Waals surface area contributed by atoms with E-state index in [9.17, 15) is 0 Å². The van der Waals surface area contributed by atoms with Crippen LogP contribution in [0.15, 0.2) is 31.7 Å². The maximum atomic E-state index is 4.93. The third-order valence-electron chi connectivity index (χ3n) is 7.48. The van der Waals surface area contributed by atoms with Crippen LogP contribution >= 0.6 is 50.5 Å². The summed E-state index contributed by atoms with van der Waals surface area (Å²) in [7, 11) is 0. The minimum Gasteiger partial charge on any atom is -0.142 e.